The second-order valence-electron chi connectivity index (χ2n) is 6.86. The fraction of sp³-hybridized carbons (Fsp3) is 0.316. The number of nitro benzene ring substituents is 1. The predicted molar refractivity (Wildman–Crippen MR) is 119 cm³/mol. The van der Waals surface area contributed by atoms with E-state index in [-0.39, 0.29) is 29.2 Å². The van der Waals surface area contributed by atoms with Crippen molar-refractivity contribution in [2.75, 3.05) is 17.6 Å². The second kappa shape index (κ2) is 11.1. The lowest BCUT2D eigenvalue weighted by molar-refractivity contribution is -0.384. The Labute approximate surface area is 184 Å². The summed E-state index contributed by atoms with van der Waals surface area (Å²) in [6.07, 6.45) is 0.473. The third kappa shape index (κ3) is 8.17. The van der Waals surface area contributed by atoms with Crippen molar-refractivity contribution >= 4 is 39.1 Å². The summed E-state index contributed by atoms with van der Waals surface area (Å²) in [5.41, 5.74) is -0.256. The number of anilines is 1. The molecule has 2 atom stereocenters. The van der Waals surface area contributed by atoms with Crippen LogP contribution in [0.1, 0.15) is 13.3 Å². The number of benzene rings is 2. The van der Waals surface area contributed by atoms with Crippen LogP contribution in [0.15, 0.2) is 58.3 Å². The van der Waals surface area contributed by atoms with Crippen LogP contribution in [0.2, 0.25) is 0 Å². The lowest BCUT2D eigenvalue weighted by Gasteiger charge is -2.23. The van der Waals surface area contributed by atoms with E-state index in [1.165, 1.54) is 12.1 Å². The summed E-state index contributed by atoms with van der Waals surface area (Å²) in [5.74, 6) is -0.443. The van der Waals surface area contributed by atoms with Gasteiger partial charge in [-0.3, -0.25) is 14.9 Å². The van der Waals surface area contributed by atoms with Gasteiger partial charge >= 0.3 is 5.97 Å². The van der Waals surface area contributed by atoms with Gasteiger partial charge in [-0.2, -0.15) is 0 Å². The number of hydrogen-bond acceptors (Lipinski definition) is 8. The second-order valence-corrected chi connectivity index (χ2v) is 9.51. The van der Waals surface area contributed by atoms with Gasteiger partial charge in [0.1, 0.15) is 5.69 Å². The number of sulfonamides is 1. The van der Waals surface area contributed by atoms with Crippen molar-refractivity contribution in [1.82, 2.24) is 5.32 Å². The number of hydrogen-bond donors (Lipinski definition) is 4. The quantitative estimate of drug-likeness (QED) is 0.208. The largest absolute Gasteiger partial charge is 0.480 e. The van der Waals surface area contributed by atoms with Crippen LogP contribution in [0.5, 0.6) is 0 Å². The van der Waals surface area contributed by atoms with Crippen LogP contribution in [-0.2, 0) is 14.8 Å². The molecule has 0 heterocycles. The fourth-order valence-corrected chi connectivity index (χ4v) is 4.33. The minimum absolute atomic E-state index is 0.154. The third-order valence-corrected chi connectivity index (χ3v) is 6.37. The van der Waals surface area contributed by atoms with Crippen LogP contribution in [-0.4, -0.2) is 48.8 Å². The molecule has 0 saturated carbocycles. The van der Waals surface area contributed by atoms with Crippen molar-refractivity contribution < 1.29 is 23.2 Å². The number of nitrogens with zero attached hydrogens (tertiary/aromatic N) is 1. The Bertz CT molecular complexity index is 1020. The average Bonchev–Trinajstić information content (AvgIpc) is 2.70. The SMILES string of the molecule is CC(CC(CSc1ccccc1)Nc1ccc(S(N)(=O)=O)cc1[N+](=O)[O-])NCC(=O)O. The van der Waals surface area contributed by atoms with E-state index in [1.807, 2.05) is 37.3 Å². The van der Waals surface area contributed by atoms with Gasteiger partial charge in [0.15, 0.2) is 0 Å². The number of nitro groups is 1. The molecule has 2 aromatic rings. The van der Waals surface area contributed by atoms with E-state index in [4.69, 9.17) is 10.2 Å². The molecule has 0 aliphatic rings. The van der Waals surface area contributed by atoms with Crippen molar-refractivity contribution in [1.29, 1.82) is 0 Å². The molecule has 2 aromatic carbocycles. The van der Waals surface area contributed by atoms with E-state index in [0.29, 0.717) is 12.2 Å². The van der Waals surface area contributed by atoms with E-state index in [1.54, 1.807) is 11.8 Å². The molecule has 0 aromatic heterocycles. The lowest BCUT2D eigenvalue weighted by Crippen LogP contribution is -2.37. The van der Waals surface area contributed by atoms with Gasteiger partial charge in [0, 0.05) is 28.8 Å². The first-order valence-electron chi connectivity index (χ1n) is 9.27. The Morgan fingerprint density at radius 2 is 1.94 bits per heavy atom. The molecule has 0 aliphatic heterocycles. The van der Waals surface area contributed by atoms with E-state index in [0.717, 1.165) is 11.0 Å². The minimum atomic E-state index is -4.09. The summed E-state index contributed by atoms with van der Waals surface area (Å²) in [4.78, 5) is 22.3. The summed E-state index contributed by atoms with van der Waals surface area (Å²) in [5, 5.41) is 31.4. The number of thioether (sulfide) groups is 1. The Morgan fingerprint density at radius 3 is 2.52 bits per heavy atom. The number of carboxylic acid groups (broad SMARTS) is 1. The van der Waals surface area contributed by atoms with Crippen molar-refractivity contribution in [3.05, 3.63) is 58.6 Å². The van der Waals surface area contributed by atoms with Gasteiger partial charge in [-0.05, 0) is 37.6 Å². The first-order chi connectivity index (χ1) is 14.6. The molecule has 31 heavy (non-hydrogen) atoms. The fourth-order valence-electron chi connectivity index (χ4n) is 2.84. The number of rotatable bonds is 12. The van der Waals surface area contributed by atoms with Crippen molar-refractivity contribution in [2.45, 2.75) is 35.2 Å². The zero-order chi connectivity index (χ0) is 23.0. The Balaban J connectivity index is 2.24. The van der Waals surface area contributed by atoms with Crippen molar-refractivity contribution in [3.63, 3.8) is 0 Å². The maximum absolute atomic E-state index is 11.5. The predicted octanol–water partition coefficient (Wildman–Crippen LogP) is 2.27. The maximum Gasteiger partial charge on any atom is 0.317 e. The molecular formula is C19H24N4O6S2. The van der Waals surface area contributed by atoms with Crippen LogP contribution >= 0.6 is 11.8 Å². The van der Waals surface area contributed by atoms with Gasteiger partial charge < -0.3 is 15.7 Å². The molecule has 0 amide bonds. The summed E-state index contributed by atoms with van der Waals surface area (Å²) >= 11 is 1.54. The molecule has 0 spiro atoms. The highest BCUT2D eigenvalue weighted by Gasteiger charge is 2.22. The highest BCUT2D eigenvalue weighted by atomic mass is 32.2. The van der Waals surface area contributed by atoms with Gasteiger partial charge in [-0.25, -0.2) is 13.6 Å². The summed E-state index contributed by atoms with van der Waals surface area (Å²) in [6, 6.07) is 12.6. The van der Waals surface area contributed by atoms with Crippen LogP contribution in [0.3, 0.4) is 0 Å². The Kier molecular flexibility index (Phi) is 8.80. The van der Waals surface area contributed by atoms with E-state index in [9.17, 15) is 23.3 Å². The van der Waals surface area contributed by atoms with E-state index < -0.39 is 26.6 Å². The summed E-state index contributed by atoms with van der Waals surface area (Å²) < 4.78 is 23.1. The number of primary sulfonamides is 1. The Morgan fingerprint density at radius 1 is 1.26 bits per heavy atom. The number of carboxylic acids is 1. The number of aliphatic carboxylic acids is 1. The molecule has 0 bridgehead atoms. The molecule has 0 fully saturated rings. The normalized spacial score (nSPS) is 13.4. The first-order valence-corrected chi connectivity index (χ1v) is 11.8. The topological polar surface area (TPSA) is 165 Å². The average molecular weight is 469 g/mol. The molecule has 2 rings (SSSR count). The monoisotopic (exact) mass is 468 g/mol. The summed E-state index contributed by atoms with van der Waals surface area (Å²) in [7, 11) is -4.09. The highest BCUT2D eigenvalue weighted by molar-refractivity contribution is 7.99. The third-order valence-electron chi connectivity index (χ3n) is 4.29. The van der Waals surface area contributed by atoms with Gasteiger partial charge in [0.05, 0.1) is 16.4 Å². The molecule has 2 unspecified atom stereocenters. The molecule has 168 valence electrons. The molecular weight excluding hydrogens is 444 g/mol. The number of carbonyl (C=O) groups is 1. The van der Waals surface area contributed by atoms with Crippen molar-refractivity contribution in [2.24, 2.45) is 5.14 Å². The van der Waals surface area contributed by atoms with E-state index >= 15 is 0 Å². The molecule has 10 nitrogen and oxygen atoms in total. The zero-order valence-electron chi connectivity index (χ0n) is 16.7. The van der Waals surface area contributed by atoms with Crippen LogP contribution < -0.4 is 15.8 Å². The first kappa shape index (κ1) is 24.6. The minimum Gasteiger partial charge on any atom is -0.480 e. The number of nitrogens with two attached hydrogens (primary N) is 1. The zero-order valence-corrected chi connectivity index (χ0v) is 18.4. The van der Waals surface area contributed by atoms with Crippen LogP contribution in [0.25, 0.3) is 0 Å². The molecule has 0 radical (unpaired) electrons. The van der Waals surface area contributed by atoms with Crippen LogP contribution in [0.4, 0.5) is 11.4 Å². The molecule has 12 heteroatoms. The van der Waals surface area contributed by atoms with Gasteiger partial charge in [0.25, 0.3) is 5.69 Å². The summed E-state index contributed by atoms with van der Waals surface area (Å²) in [6.45, 7) is 1.62. The smallest absolute Gasteiger partial charge is 0.317 e. The standard InChI is InChI=1S/C19H24N4O6S2/c1-13(21-11-19(24)25)9-14(12-30-15-5-3-2-4-6-15)22-17-8-7-16(31(20,28)29)10-18(17)23(26)27/h2-8,10,13-14,21-22H,9,11-12H2,1H3,(H,24,25)(H2,20,28,29). The van der Waals surface area contributed by atoms with E-state index in [2.05, 4.69) is 10.6 Å². The van der Waals surface area contributed by atoms with Crippen molar-refractivity contribution in [3.8, 4) is 0 Å². The molecule has 5 N–H and O–H groups in total. The molecule has 0 saturated heterocycles. The highest BCUT2D eigenvalue weighted by Crippen LogP contribution is 2.29. The molecule has 0 aliphatic carbocycles. The number of nitrogens with one attached hydrogen (secondary N) is 2. The van der Waals surface area contributed by atoms with Gasteiger partial charge in [0.2, 0.25) is 10.0 Å². The lowest BCUT2D eigenvalue weighted by atomic mass is 10.1. The Hall–Kier alpha value is -2.67. The van der Waals surface area contributed by atoms with Crippen LogP contribution in [0, 0.1) is 10.1 Å². The van der Waals surface area contributed by atoms with Gasteiger partial charge in [-0.15, -0.1) is 11.8 Å². The maximum atomic E-state index is 11.5. The van der Waals surface area contributed by atoms with Gasteiger partial charge in [-0.1, -0.05) is 18.2 Å².